The second-order valence-electron chi connectivity index (χ2n) is 13.7. The minimum Gasteiger partial charge on any atom is -0.394 e. The van der Waals surface area contributed by atoms with Crippen molar-refractivity contribution in [3.05, 3.63) is 12.2 Å². The number of allylic oxidation sites excluding steroid dienone is 1. The number of amides is 1. The highest BCUT2D eigenvalue weighted by atomic mass is 16.7. The molecular weight excluding hydrogens is 598 g/mol. The van der Waals surface area contributed by atoms with Gasteiger partial charge in [-0.3, -0.25) is 4.79 Å². The Morgan fingerprint density at radius 1 is 0.702 bits per heavy atom. The molecule has 1 heterocycles. The van der Waals surface area contributed by atoms with Crippen LogP contribution in [0.2, 0.25) is 0 Å². The molecule has 278 valence electrons. The molecule has 9 nitrogen and oxygen atoms in total. The second kappa shape index (κ2) is 29.8. The first kappa shape index (κ1) is 44.0. The summed E-state index contributed by atoms with van der Waals surface area (Å²) in [6.07, 6.45) is 23.9. The van der Waals surface area contributed by atoms with Crippen LogP contribution in [0, 0.1) is 0 Å². The van der Waals surface area contributed by atoms with Crippen LogP contribution in [-0.4, -0.2) is 87.5 Å². The molecule has 0 aliphatic carbocycles. The van der Waals surface area contributed by atoms with Gasteiger partial charge in [-0.05, 0) is 19.3 Å². The summed E-state index contributed by atoms with van der Waals surface area (Å²) >= 11 is 0. The number of aliphatic hydroxyl groups is 5. The molecule has 1 rings (SSSR count). The van der Waals surface area contributed by atoms with E-state index in [4.69, 9.17) is 9.47 Å². The maximum absolute atomic E-state index is 12.8. The lowest BCUT2D eigenvalue weighted by atomic mass is 9.99. The molecule has 6 N–H and O–H groups in total. The number of aliphatic hydroxyl groups excluding tert-OH is 5. The zero-order valence-corrected chi connectivity index (χ0v) is 30.0. The lowest BCUT2D eigenvalue weighted by molar-refractivity contribution is -0.302. The summed E-state index contributed by atoms with van der Waals surface area (Å²) < 4.78 is 11.1. The first-order valence-corrected chi connectivity index (χ1v) is 19.4. The Morgan fingerprint density at radius 2 is 1.17 bits per heavy atom. The summed E-state index contributed by atoms with van der Waals surface area (Å²) in [5.74, 6) is -0.179. The van der Waals surface area contributed by atoms with Gasteiger partial charge in [0.1, 0.15) is 24.4 Å². The van der Waals surface area contributed by atoms with Crippen LogP contribution in [0.25, 0.3) is 0 Å². The molecule has 1 aliphatic heterocycles. The number of nitrogens with one attached hydrogen (secondary N) is 1. The molecule has 0 radical (unpaired) electrons. The van der Waals surface area contributed by atoms with Gasteiger partial charge in [-0.2, -0.15) is 0 Å². The van der Waals surface area contributed by atoms with Crippen LogP contribution in [0.5, 0.6) is 0 Å². The average Bonchev–Trinajstić information content (AvgIpc) is 3.07. The molecule has 1 aliphatic rings. The van der Waals surface area contributed by atoms with Gasteiger partial charge in [-0.25, -0.2) is 0 Å². The van der Waals surface area contributed by atoms with E-state index in [0.717, 1.165) is 38.5 Å². The monoisotopic (exact) mass is 672 g/mol. The van der Waals surface area contributed by atoms with Crippen molar-refractivity contribution in [1.82, 2.24) is 5.32 Å². The molecule has 0 aromatic rings. The molecule has 47 heavy (non-hydrogen) atoms. The molecule has 0 saturated carbocycles. The van der Waals surface area contributed by atoms with E-state index in [1.807, 2.05) is 6.08 Å². The van der Waals surface area contributed by atoms with Crippen molar-refractivity contribution in [2.75, 3.05) is 13.2 Å². The number of hydrogen-bond donors (Lipinski definition) is 6. The van der Waals surface area contributed by atoms with Crippen LogP contribution in [-0.2, 0) is 14.3 Å². The molecule has 0 spiro atoms. The van der Waals surface area contributed by atoms with Crippen molar-refractivity contribution in [2.45, 2.75) is 211 Å². The number of carbonyl (C=O) groups is 1. The SMILES string of the molecule is CCCCCCCCCCC/C=C/[C@@H](O)[C@H](CO[C@@H]1O[C@H](CO)[C@H](O)[C@H](O)[C@H]1O)NC(=O)CCCCCCCCCCCCCCC. The van der Waals surface area contributed by atoms with E-state index in [9.17, 15) is 30.3 Å². The molecule has 0 aromatic heterocycles. The maximum Gasteiger partial charge on any atom is 0.220 e. The lowest BCUT2D eigenvalue weighted by Gasteiger charge is -2.40. The van der Waals surface area contributed by atoms with Gasteiger partial charge in [0.25, 0.3) is 0 Å². The summed E-state index contributed by atoms with van der Waals surface area (Å²) in [5, 5.41) is 53.8. The molecule has 1 amide bonds. The van der Waals surface area contributed by atoms with Gasteiger partial charge < -0.3 is 40.3 Å². The maximum atomic E-state index is 12.8. The standard InChI is InChI=1S/C38H73NO8/c1-3-5-7-9-11-13-15-16-18-20-22-24-26-28-34(42)39-31(30-46-38-37(45)36(44)35(43)33(29-40)47-38)32(41)27-25-23-21-19-17-14-12-10-8-6-4-2/h25,27,31-33,35-38,40-41,43-45H,3-24,26,28-30H2,1-2H3,(H,39,42)/b27-25+/t31-,32+,33+,35-,36-,37+,38+/m0/s1. The summed E-state index contributed by atoms with van der Waals surface area (Å²) in [4.78, 5) is 12.8. The lowest BCUT2D eigenvalue weighted by Crippen LogP contribution is -2.60. The first-order valence-electron chi connectivity index (χ1n) is 19.4. The first-order chi connectivity index (χ1) is 22.8. The van der Waals surface area contributed by atoms with Crippen molar-refractivity contribution in [2.24, 2.45) is 0 Å². The summed E-state index contributed by atoms with van der Waals surface area (Å²) in [6.45, 7) is 3.73. The Hall–Kier alpha value is -1.07. The smallest absolute Gasteiger partial charge is 0.220 e. The highest BCUT2D eigenvalue weighted by Crippen LogP contribution is 2.22. The van der Waals surface area contributed by atoms with Crippen molar-refractivity contribution < 1.29 is 39.8 Å². The second-order valence-corrected chi connectivity index (χ2v) is 13.7. The molecular formula is C38H73NO8. The van der Waals surface area contributed by atoms with Gasteiger partial charge in [0, 0.05) is 6.42 Å². The number of hydrogen-bond acceptors (Lipinski definition) is 8. The Kier molecular flexibility index (Phi) is 27.9. The van der Waals surface area contributed by atoms with E-state index >= 15 is 0 Å². The number of rotatable bonds is 31. The van der Waals surface area contributed by atoms with E-state index in [-0.39, 0.29) is 12.5 Å². The van der Waals surface area contributed by atoms with E-state index in [1.54, 1.807) is 6.08 Å². The molecule has 1 fully saturated rings. The van der Waals surface area contributed by atoms with E-state index in [1.165, 1.54) is 109 Å². The fourth-order valence-corrected chi connectivity index (χ4v) is 6.15. The van der Waals surface area contributed by atoms with Gasteiger partial charge in [-0.1, -0.05) is 154 Å². The van der Waals surface area contributed by atoms with E-state index in [0.29, 0.717) is 6.42 Å². The largest absolute Gasteiger partial charge is 0.394 e. The van der Waals surface area contributed by atoms with Crippen molar-refractivity contribution in [3.8, 4) is 0 Å². The van der Waals surface area contributed by atoms with Crippen LogP contribution in [0.3, 0.4) is 0 Å². The van der Waals surface area contributed by atoms with Crippen molar-refractivity contribution >= 4 is 5.91 Å². The molecule has 0 bridgehead atoms. The zero-order chi connectivity index (χ0) is 34.5. The Balaban J connectivity index is 2.45. The van der Waals surface area contributed by atoms with Crippen LogP contribution in [0.4, 0.5) is 0 Å². The molecule has 0 unspecified atom stereocenters. The predicted molar refractivity (Wildman–Crippen MR) is 189 cm³/mol. The van der Waals surface area contributed by atoms with Gasteiger partial charge in [0.2, 0.25) is 5.91 Å². The predicted octanol–water partition coefficient (Wildman–Crippen LogP) is 6.61. The minimum absolute atomic E-state index is 0.179. The average molecular weight is 672 g/mol. The molecule has 9 heteroatoms. The fraction of sp³-hybridized carbons (Fsp3) is 0.921. The highest BCUT2D eigenvalue weighted by molar-refractivity contribution is 5.76. The van der Waals surface area contributed by atoms with Crippen molar-refractivity contribution in [3.63, 3.8) is 0 Å². The minimum atomic E-state index is -1.56. The normalized spacial score (nSPS) is 22.9. The Labute approximate surface area is 286 Å². The van der Waals surface area contributed by atoms with E-state index in [2.05, 4.69) is 19.2 Å². The van der Waals surface area contributed by atoms with Gasteiger partial charge >= 0.3 is 0 Å². The van der Waals surface area contributed by atoms with Crippen LogP contribution >= 0.6 is 0 Å². The quantitative estimate of drug-likeness (QED) is 0.0357. The van der Waals surface area contributed by atoms with Gasteiger partial charge in [-0.15, -0.1) is 0 Å². The summed E-state index contributed by atoms with van der Waals surface area (Å²) in [6, 6.07) is -0.795. The third kappa shape index (κ3) is 21.6. The Bertz CT molecular complexity index is 751. The third-order valence-electron chi connectivity index (χ3n) is 9.36. The highest BCUT2D eigenvalue weighted by Gasteiger charge is 2.44. The number of ether oxygens (including phenoxy) is 2. The summed E-state index contributed by atoms with van der Waals surface area (Å²) in [5.41, 5.74) is 0. The number of unbranched alkanes of at least 4 members (excludes halogenated alkanes) is 21. The van der Waals surface area contributed by atoms with Crippen LogP contribution in [0.1, 0.15) is 168 Å². The summed E-state index contributed by atoms with van der Waals surface area (Å²) in [7, 11) is 0. The van der Waals surface area contributed by atoms with Gasteiger partial charge in [0.15, 0.2) is 6.29 Å². The zero-order valence-electron chi connectivity index (χ0n) is 30.0. The fourth-order valence-electron chi connectivity index (χ4n) is 6.15. The van der Waals surface area contributed by atoms with Crippen LogP contribution < -0.4 is 5.32 Å². The third-order valence-corrected chi connectivity index (χ3v) is 9.36. The van der Waals surface area contributed by atoms with Crippen LogP contribution in [0.15, 0.2) is 12.2 Å². The van der Waals surface area contributed by atoms with Gasteiger partial charge in [0.05, 0.1) is 25.4 Å². The topological polar surface area (TPSA) is 149 Å². The molecule has 7 atom stereocenters. The number of carbonyl (C=O) groups excluding carboxylic acids is 1. The van der Waals surface area contributed by atoms with Crippen molar-refractivity contribution in [1.29, 1.82) is 0 Å². The molecule has 1 saturated heterocycles. The molecule has 0 aromatic carbocycles. The Morgan fingerprint density at radius 3 is 1.66 bits per heavy atom. The van der Waals surface area contributed by atoms with E-state index < -0.39 is 49.5 Å².